The molecule has 1 heterocycles. The first-order valence-electron chi connectivity index (χ1n) is 5.31. The molecule has 4 nitrogen and oxygen atoms in total. The van der Waals surface area contributed by atoms with Crippen LogP contribution in [-0.4, -0.2) is 32.6 Å². The lowest BCUT2D eigenvalue weighted by molar-refractivity contribution is 0.0697. The van der Waals surface area contributed by atoms with E-state index in [-0.39, 0.29) is 5.56 Å². The van der Waals surface area contributed by atoms with E-state index in [1.54, 1.807) is 23.9 Å². The van der Waals surface area contributed by atoms with Crippen LogP contribution in [0.3, 0.4) is 0 Å². The van der Waals surface area contributed by atoms with Gasteiger partial charge < -0.3 is 9.67 Å². The second kappa shape index (κ2) is 4.79. The molecular formula is C12H14N2O2S. The van der Waals surface area contributed by atoms with Gasteiger partial charge in [0.15, 0.2) is 0 Å². The van der Waals surface area contributed by atoms with E-state index in [1.165, 1.54) is 0 Å². The number of hydrogen-bond donors (Lipinski definition) is 1. The van der Waals surface area contributed by atoms with Gasteiger partial charge in [-0.3, -0.25) is 0 Å². The smallest absolute Gasteiger partial charge is 0.335 e. The second-order valence-corrected chi connectivity index (χ2v) is 4.82. The summed E-state index contributed by atoms with van der Waals surface area (Å²) in [4.78, 5) is 15.3. The van der Waals surface area contributed by atoms with Crippen LogP contribution in [0.4, 0.5) is 0 Å². The van der Waals surface area contributed by atoms with Crippen LogP contribution in [0, 0.1) is 0 Å². The maximum absolute atomic E-state index is 10.9. The number of carboxylic acids is 1. The number of rotatable bonds is 4. The molecule has 17 heavy (non-hydrogen) atoms. The third kappa shape index (κ3) is 2.29. The van der Waals surface area contributed by atoms with Gasteiger partial charge in [0.05, 0.1) is 16.6 Å². The summed E-state index contributed by atoms with van der Waals surface area (Å²) in [5.41, 5.74) is 2.02. The summed E-state index contributed by atoms with van der Waals surface area (Å²) in [5.74, 6) is 1.10. The monoisotopic (exact) mass is 250 g/mol. The van der Waals surface area contributed by atoms with Crippen LogP contribution in [0.2, 0.25) is 0 Å². The molecule has 0 amide bonds. The summed E-state index contributed by atoms with van der Waals surface area (Å²) in [6, 6.07) is 5.05. The van der Waals surface area contributed by atoms with Crippen LogP contribution in [0.5, 0.6) is 0 Å². The zero-order valence-electron chi connectivity index (χ0n) is 9.80. The molecule has 0 aliphatic rings. The van der Waals surface area contributed by atoms with Gasteiger partial charge in [-0.05, 0) is 24.5 Å². The Bertz CT molecular complexity index is 563. The first-order chi connectivity index (χ1) is 8.13. The van der Waals surface area contributed by atoms with Crippen LogP contribution < -0.4 is 0 Å². The Kier molecular flexibility index (Phi) is 3.38. The van der Waals surface area contributed by atoms with Crippen LogP contribution >= 0.6 is 11.8 Å². The topological polar surface area (TPSA) is 55.1 Å². The van der Waals surface area contributed by atoms with Gasteiger partial charge in [0.1, 0.15) is 5.82 Å². The molecule has 1 aromatic heterocycles. The van der Waals surface area contributed by atoms with Gasteiger partial charge in [0.2, 0.25) is 0 Å². The molecule has 1 aromatic carbocycles. The predicted molar refractivity (Wildman–Crippen MR) is 69.8 cm³/mol. The van der Waals surface area contributed by atoms with Crippen LogP contribution in [0.15, 0.2) is 18.2 Å². The van der Waals surface area contributed by atoms with Crippen LogP contribution in [0.25, 0.3) is 11.0 Å². The third-order valence-electron chi connectivity index (χ3n) is 2.75. The average Bonchev–Trinajstić information content (AvgIpc) is 2.63. The van der Waals surface area contributed by atoms with Gasteiger partial charge in [0, 0.05) is 19.2 Å². The summed E-state index contributed by atoms with van der Waals surface area (Å²) in [6.45, 7) is 0. The van der Waals surface area contributed by atoms with Crippen molar-refractivity contribution in [2.45, 2.75) is 6.42 Å². The van der Waals surface area contributed by atoms with Crippen molar-refractivity contribution in [1.29, 1.82) is 0 Å². The van der Waals surface area contributed by atoms with Gasteiger partial charge in [-0.25, -0.2) is 9.78 Å². The number of imidazole rings is 1. The Morgan fingerprint density at radius 2 is 2.29 bits per heavy atom. The number of thioether (sulfide) groups is 1. The molecule has 0 unspecified atom stereocenters. The fraction of sp³-hybridized carbons (Fsp3) is 0.333. The van der Waals surface area contributed by atoms with E-state index < -0.39 is 5.97 Å². The Balaban J connectivity index is 2.45. The number of nitrogens with zero attached hydrogens (tertiary/aromatic N) is 2. The lowest BCUT2D eigenvalue weighted by atomic mass is 10.2. The summed E-state index contributed by atoms with van der Waals surface area (Å²) >= 11 is 1.78. The quantitative estimate of drug-likeness (QED) is 0.903. The zero-order chi connectivity index (χ0) is 12.4. The molecule has 0 bridgehead atoms. The molecule has 5 heteroatoms. The van der Waals surface area contributed by atoms with E-state index in [1.807, 2.05) is 17.7 Å². The Hall–Kier alpha value is -1.49. The van der Waals surface area contributed by atoms with Crippen molar-refractivity contribution in [2.75, 3.05) is 12.0 Å². The van der Waals surface area contributed by atoms with E-state index >= 15 is 0 Å². The SMILES string of the molecule is CSCCc1nc2cc(C(=O)O)ccc2n1C. The van der Waals surface area contributed by atoms with Gasteiger partial charge in [-0.15, -0.1) is 0 Å². The third-order valence-corrected chi connectivity index (χ3v) is 3.36. The molecule has 1 N–H and O–H groups in total. The van der Waals surface area contributed by atoms with Gasteiger partial charge in [-0.2, -0.15) is 11.8 Å². The van der Waals surface area contributed by atoms with Crippen LogP contribution in [0.1, 0.15) is 16.2 Å². The number of aromatic carboxylic acids is 1. The van der Waals surface area contributed by atoms with Crippen molar-refractivity contribution in [1.82, 2.24) is 9.55 Å². The Labute approximate surface area is 104 Å². The maximum atomic E-state index is 10.9. The Morgan fingerprint density at radius 1 is 1.53 bits per heavy atom. The summed E-state index contributed by atoms with van der Waals surface area (Å²) in [7, 11) is 1.96. The summed E-state index contributed by atoms with van der Waals surface area (Å²) in [6.07, 6.45) is 2.96. The highest BCUT2D eigenvalue weighted by atomic mass is 32.2. The number of carbonyl (C=O) groups is 1. The molecular weight excluding hydrogens is 236 g/mol. The van der Waals surface area contributed by atoms with Crippen molar-refractivity contribution in [3.8, 4) is 0 Å². The van der Waals surface area contributed by atoms with Crippen LogP contribution in [-0.2, 0) is 13.5 Å². The average molecular weight is 250 g/mol. The zero-order valence-corrected chi connectivity index (χ0v) is 10.6. The van der Waals surface area contributed by atoms with E-state index in [0.29, 0.717) is 0 Å². The largest absolute Gasteiger partial charge is 0.478 e. The maximum Gasteiger partial charge on any atom is 0.335 e. The van der Waals surface area contributed by atoms with E-state index in [4.69, 9.17) is 5.11 Å². The molecule has 0 aliphatic heterocycles. The summed E-state index contributed by atoms with van der Waals surface area (Å²) < 4.78 is 2.02. The molecule has 90 valence electrons. The normalized spacial score (nSPS) is 10.9. The molecule has 0 atom stereocenters. The minimum absolute atomic E-state index is 0.284. The van der Waals surface area contributed by atoms with Gasteiger partial charge in [0.25, 0.3) is 0 Å². The van der Waals surface area contributed by atoms with Crippen molar-refractivity contribution in [2.24, 2.45) is 7.05 Å². The molecule has 0 fully saturated rings. The molecule has 0 spiro atoms. The van der Waals surface area contributed by atoms with Crippen molar-refractivity contribution in [3.05, 3.63) is 29.6 Å². The number of aryl methyl sites for hydroxylation is 2. The first kappa shape index (κ1) is 12.0. The highest BCUT2D eigenvalue weighted by Crippen LogP contribution is 2.17. The number of fused-ring (bicyclic) bond motifs is 1. The number of benzene rings is 1. The lowest BCUT2D eigenvalue weighted by Gasteiger charge is -2.00. The van der Waals surface area contributed by atoms with E-state index in [0.717, 1.165) is 29.0 Å². The highest BCUT2D eigenvalue weighted by molar-refractivity contribution is 7.98. The molecule has 0 saturated heterocycles. The minimum atomic E-state index is -0.914. The fourth-order valence-electron chi connectivity index (χ4n) is 1.80. The number of hydrogen-bond acceptors (Lipinski definition) is 3. The minimum Gasteiger partial charge on any atom is -0.478 e. The van der Waals surface area contributed by atoms with Crippen molar-refractivity contribution >= 4 is 28.8 Å². The molecule has 2 rings (SSSR count). The fourth-order valence-corrected chi connectivity index (χ4v) is 2.19. The number of aromatic nitrogens is 2. The van der Waals surface area contributed by atoms with Gasteiger partial charge >= 0.3 is 5.97 Å². The first-order valence-corrected chi connectivity index (χ1v) is 6.70. The molecule has 0 aliphatic carbocycles. The standard InChI is InChI=1S/C12H14N2O2S/c1-14-10-4-3-8(12(15)16)7-9(10)13-11(14)5-6-17-2/h3-4,7H,5-6H2,1-2H3,(H,15,16). The molecule has 2 aromatic rings. The van der Waals surface area contributed by atoms with E-state index in [2.05, 4.69) is 11.2 Å². The Morgan fingerprint density at radius 3 is 2.94 bits per heavy atom. The van der Waals surface area contributed by atoms with Crippen molar-refractivity contribution in [3.63, 3.8) is 0 Å². The number of carboxylic acid groups (broad SMARTS) is 1. The summed E-state index contributed by atoms with van der Waals surface area (Å²) in [5, 5.41) is 8.92. The predicted octanol–water partition coefficient (Wildman–Crippen LogP) is 2.18. The lowest BCUT2D eigenvalue weighted by Crippen LogP contribution is -1.99. The second-order valence-electron chi connectivity index (χ2n) is 3.84. The van der Waals surface area contributed by atoms with Gasteiger partial charge in [-0.1, -0.05) is 0 Å². The van der Waals surface area contributed by atoms with E-state index in [9.17, 15) is 4.79 Å². The molecule has 0 radical (unpaired) electrons. The molecule has 0 saturated carbocycles. The highest BCUT2D eigenvalue weighted by Gasteiger charge is 2.10. The van der Waals surface area contributed by atoms with Crippen molar-refractivity contribution < 1.29 is 9.90 Å².